The van der Waals surface area contributed by atoms with Crippen molar-refractivity contribution in [3.63, 3.8) is 0 Å². The van der Waals surface area contributed by atoms with Crippen molar-refractivity contribution >= 4 is 11.9 Å². The van der Waals surface area contributed by atoms with Gasteiger partial charge in [-0.05, 0) is 49.6 Å². The molecule has 4 nitrogen and oxygen atoms in total. The number of amides is 1. The number of esters is 1. The van der Waals surface area contributed by atoms with E-state index in [0.29, 0.717) is 5.56 Å². The lowest BCUT2D eigenvalue weighted by atomic mass is 10.00. The zero-order valence-electron chi connectivity index (χ0n) is 14.0. The highest BCUT2D eigenvalue weighted by Gasteiger charge is 2.15. The molecule has 0 heterocycles. The summed E-state index contributed by atoms with van der Waals surface area (Å²) in [6.45, 7) is 5.53. The van der Waals surface area contributed by atoms with Crippen molar-refractivity contribution in [3.8, 4) is 0 Å². The molecule has 126 valence electrons. The molecule has 0 fully saturated rings. The van der Waals surface area contributed by atoms with Gasteiger partial charge in [-0.2, -0.15) is 0 Å². The van der Waals surface area contributed by atoms with Crippen LogP contribution < -0.4 is 5.32 Å². The third-order valence-electron chi connectivity index (χ3n) is 3.62. The molecule has 0 aliphatic carbocycles. The number of hydrogen-bond donors (Lipinski definition) is 1. The lowest BCUT2D eigenvalue weighted by molar-refractivity contribution is -0.124. The van der Waals surface area contributed by atoms with E-state index in [2.05, 4.69) is 5.32 Å². The minimum atomic E-state index is -0.512. The second-order valence-corrected chi connectivity index (χ2v) is 5.75. The lowest BCUT2D eigenvalue weighted by Crippen LogP contribution is -2.28. The van der Waals surface area contributed by atoms with Gasteiger partial charge in [-0.3, -0.25) is 4.79 Å². The van der Waals surface area contributed by atoms with Gasteiger partial charge in [0.1, 0.15) is 5.82 Å². The van der Waals surface area contributed by atoms with Crippen LogP contribution in [0.15, 0.2) is 36.4 Å². The van der Waals surface area contributed by atoms with Crippen molar-refractivity contribution < 1.29 is 18.7 Å². The molecule has 0 radical (unpaired) electrons. The van der Waals surface area contributed by atoms with Crippen LogP contribution in [0, 0.1) is 26.6 Å². The number of benzene rings is 2. The van der Waals surface area contributed by atoms with Crippen molar-refractivity contribution in [1.82, 2.24) is 5.32 Å². The Hall–Kier alpha value is -2.69. The Labute approximate surface area is 140 Å². The molecule has 0 aliphatic heterocycles. The molecule has 0 bridgehead atoms. The largest absolute Gasteiger partial charge is 0.452 e. The molecule has 0 aliphatic rings. The minimum absolute atomic E-state index is 0.249. The molecule has 0 unspecified atom stereocenters. The number of ether oxygens (including phenoxy) is 1. The summed E-state index contributed by atoms with van der Waals surface area (Å²) >= 11 is 0. The van der Waals surface area contributed by atoms with Gasteiger partial charge in [0, 0.05) is 6.54 Å². The van der Waals surface area contributed by atoms with Crippen molar-refractivity contribution in [2.75, 3.05) is 6.61 Å². The molecule has 5 heteroatoms. The number of carbonyl (C=O) groups is 2. The Kier molecular flexibility index (Phi) is 5.68. The second kappa shape index (κ2) is 7.73. The SMILES string of the molecule is Cc1cc(C)c(C(=O)OCC(=O)NCc2ccc(F)cc2)c(C)c1. The summed E-state index contributed by atoms with van der Waals surface area (Å²) in [5.41, 5.74) is 3.97. The minimum Gasteiger partial charge on any atom is -0.452 e. The fourth-order valence-electron chi connectivity index (χ4n) is 2.56. The van der Waals surface area contributed by atoms with E-state index in [4.69, 9.17) is 4.74 Å². The quantitative estimate of drug-likeness (QED) is 0.857. The first-order valence-electron chi connectivity index (χ1n) is 7.63. The van der Waals surface area contributed by atoms with E-state index in [9.17, 15) is 14.0 Å². The Bertz CT molecular complexity index is 731. The van der Waals surface area contributed by atoms with Gasteiger partial charge in [0.25, 0.3) is 5.91 Å². The molecule has 0 saturated carbocycles. The predicted octanol–water partition coefficient (Wildman–Crippen LogP) is 3.22. The molecule has 0 spiro atoms. The van der Waals surface area contributed by atoms with Gasteiger partial charge in [0.2, 0.25) is 0 Å². The maximum Gasteiger partial charge on any atom is 0.339 e. The predicted molar refractivity (Wildman–Crippen MR) is 89.2 cm³/mol. The first-order valence-corrected chi connectivity index (χ1v) is 7.63. The molecule has 2 aromatic carbocycles. The Morgan fingerprint density at radius 2 is 1.62 bits per heavy atom. The Morgan fingerprint density at radius 3 is 2.21 bits per heavy atom. The second-order valence-electron chi connectivity index (χ2n) is 5.75. The lowest BCUT2D eigenvalue weighted by Gasteiger charge is -2.11. The number of hydrogen-bond acceptors (Lipinski definition) is 3. The molecule has 0 saturated heterocycles. The van der Waals surface area contributed by atoms with E-state index in [0.717, 1.165) is 22.3 Å². The van der Waals surface area contributed by atoms with Crippen LogP contribution in [0.4, 0.5) is 4.39 Å². The third kappa shape index (κ3) is 4.65. The fourth-order valence-corrected chi connectivity index (χ4v) is 2.56. The van der Waals surface area contributed by atoms with Crippen molar-refractivity contribution in [3.05, 3.63) is 70.0 Å². The standard InChI is InChI=1S/C19H20FNO3/c1-12-8-13(2)18(14(3)9-12)19(23)24-11-17(22)21-10-15-4-6-16(20)7-5-15/h4-9H,10-11H2,1-3H3,(H,21,22). The topological polar surface area (TPSA) is 55.4 Å². The van der Waals surface area contributed by atoms with E-state index >= 15 is 0 Å². The number of nitrogens with one attached hydrogen (secondary N) is 1. The number of carbonyl (C=O) groups excluding carboxylic acids is 2. The van der Waals surface area contributed by atoms with Crippen LogP contribution >= 0.6 is 0 Å². The van der Waals surface area contributed by atoms with Crippen LogP contribution in [-0.2, 0) is 16.1 Å². The monoisotopic (exact) mass is 329 g/mol. The van der Waals surface area contributed by atoms with E-state index in [1.165, 1.54) is 12.1 Å². The van der Waals surface area contributed by atoms with E-state index < -0.39 is 11.9 Å². The number of rotatable bonds is 5. The van der Waals surface area contributed by atoms with Crippen LogP contribution in [0.5, 0.6) is 0 Å². The third-order valence-corrected chi connectivity index (χ3v) is 3.62. The summed E-state index contributed by atoms with van der Waals surface area (Å²) in [7, 11) is 0. The molecule has 1 N–H and O–H groups in total. The molecule has 24 heavy (non-hydrogen) atoms. The summed E-state index contributed by atoms with van der Waals surface area (Å²) in [5, 5.41) is 2.62. The average Bonchev–Trinajstić information content (AvgIpc) is 2.51. The summed E-state index contributed by atoms with van der Waals surface area (Å²) < 4.78 is 17.9. The van der Waals surface area contributed by atoms with Gasteiger partial charge < -0.3 is 10.1 Å². The van der Waals surface area contributed by atoms with Crippen LogP contribution in [0.1, 0.15) is 32.6 Å². The van der Waals surface area contributed by atoms with Crippen molar-refractivity contribution in [2.24, 2.45) is 0 Å². The van der Waals surface area contributed by atoms with E-state index in [1.54, 1.807) is 12.1 Å². The zero-order chi connectivity index (χ0) is 17.7. The van der Waals surface area contributed by atoms with Gasteiger partial charge in [-0.1, -0.05) is 29.8 Å². The van der Waals surface area contributed by atoms with E-state index in [-0.39, 0.29) is 19.0 Å². The maximum atomic E-state index is 12.8. The van der Waals surface area contributed by atoms with Crippen LogP contribution in [0.25, 0.3) is 0 Å². The molecule has 2 rings (SSSR count). The van der Waals surface area contributed by atoms with Gasteiger partial charge in [-0.15, -0.1) is 0 Å². The molecular formula is C19H20FNO3. The average molecular weight is 329 g/mol. The highest BCUT2D eigenvalue weighted by atomic mass is 19.1. The fraction of sp³-hybridized carbons (Fsp3) is 0.263. The summed E-state index contributed by atoms with van der Waals surface area (Å²) in [6.07, 6.45) is 0. The normalized spacial score (nSPS) is 10.3. The summed E-state index contributed by atoms with van der Waals surface area (Å²) in [4.78, 5) is 24.0. The molecule has 2 aromatic rings. The van der Waals surface area contributed by atoms with E-state index in [1.807, 2.05) is 32.9 Å². The first kappa shape index (κ1) is 17.7. The molecular weight excluding hydrogens is 309 g/mol. The van der Waals surface area contributed by atoms with Crippen LogP contribution in [0.2, 0.25) is 0 Å². The maximum absolute atomic E-state index is 12.8. The number of aryl methyl sites for hydroxylation is 3. The Balaban J connectivity index is 1.87. The number of halogens is 1. The van der Waals surface area contributed by atoms with Gasteiger partial charge in [0.05, 0.1) is 5.56 Å². The van der Waals surface area contributed by atoms with Crippen molar-refractivity contribution in [1.29, 1.82) is 0 Å². The molecule has 0 atom stereocenters. The van der Waals surface area contributed by atoms with Crippen LogP contribution in [0.3, 0.4) is 0 Å². The summed E-state index contributed by atoms with van der Waals surface area (Å²) in [6, 6.07) is 9.62. The summed E-state index contributed by atoms with van der Waals surface area (Å²) in [5.74, 6) is -1.25. The molecule has 1 amide bonds. The highest BCUT2D eigenvalue weighted by molar-refractivity contribution is 5.94. The van der Waals surface area contributed by atoms with Crippen LogP contribution in [-0.4, -0.2) is 18.5 Å². The zero-order valence-corrected chi connectivity index (χ0v) is 14.0. The highest BCUT2D eigenvalue weighted by Crippen LogP contribution is 2.17. The Morgan fingerprint density at radius 1 is 1.04 bits per heavy atom. The van der Waals surface area contributed by atoms with Gasteiger partial charge in [-0.25, -0.2) is 9.18 Å². The first-order chi connectivity index (χ1) is 11.4. The molecule has 0 aromatic heterocycles. The smallest absolute Gasteiger partial charge is 0.339 e. The van der Waals surface area contributed by atoms with Gasteiger partial charge in [0.15, 0.2) is 6.61 Å². The van der Waals surface area contributed by atoms with Gasteiger partial charge >= 0.3 is 5.97 Å². The van der Waals surface area contributed by atoms with Crippen molar-refractivity contribution in [2.45, 2.75) is 27.3 Å².